The summed E-state index contributed by atoms with van der Waals surface area (Å²) in [7, 11) is 0. The van der Waals surface area contributed by atoms with Crippen LogP contribution >= 0.6 is 0 Å². The van der Waals surface area contributed by atoms with E-state index in [-0.39, 0.29) is 0 Å². The van der Waals surface area contributed by atoms with Gasteiger partial charge in [-0.3, -0.25) is 4.57 Å². The van der Waals surface area contributed by atoms with Gasteiger partial charge in [-0.05, 0) is 88.3 Å². The molecule has 0 bridgehead atoms. The molecule has 0 aliphatic heterocycles. The van der Waals surface area contributed by atoms with Gasteiger partial charge in [0, 0.05) is 22.0 Å². The highest BCUT2D eigenvalue weighted by Gasteiger charge is 2.18. The highest BCUT2D eigenvalue weighted by Crippen LogP contribution is 2.38. The molecular formula is C45H35N3. The minimum Gasteiger partial charge on any atom is -0.294 e. The first kappa shape index (κ1) is 29.3. The molecule has 0 fully saturated rings. The van der Waals surface area contributed by atoms with E-state index in [9.17, 15) is 0 Å². The third-order valence-corrected chi connectivity index (χ3v) is 9.47. The largest absolute Gasteiger partial charge is 0.294 e. The number of aliphatic imine (C=N–C) groups is 2. The quantitative estimate of drug-likeness (QED) is 0.136. The first-order chi connectivity index (χ1) is 23.5. The third kappa shape index (κ3) is 5.10. The van der Waals surface area contributed by atoms with E-state index < -0.39 is 0 Å². The lowest BCUT2D eigenvalue weighted by molar-refractivity contribution is 1.17. The summed E-state index contributed by atoms with van der Waals surface area (Å²) in [6.45, 7) is 11.1. The average Bonchev–Trinajstić information content (AvgIpc) is 3.47. The Bertz CT molecular complexity index is 2610. The molecule has 8 aromatic rings. The Balaban J connectivity index is 1.34. The van der Waals surface area contributed by atoms with Gasteiger partial charge in [0.25, 0.3) is 0 Å². The van der Waals surface area contributed by atoms with Gasteiger partial charge < -0.3 is 0 Å². The van der Waals surface area contributed by atoms with Crippen LogP contribution in [0.2, 0.25) is 0 Å². The van der Waals surface area contributed by atoms with E-state index in [1.54, 1.807) is 0 Å². The van der Waals surface area contributed by atoms with Gasteiger partial charge in [-0.15, -0.1) is 0 Å². The minimum absolute atomic E-state index is 0.615. The third-order valence-electron chi connectivity index (χ3n) is 9.47. The highest BCUT2D eigenvalue weighted by atomic mass is 15.1. The Kier molecular flexibility index (Phi) is 7.30. The SMILES string of the molecule is C=C(/N=C(\N=C(C)c1ccc2ccccc2c1)c1ccc2ccccc2c1)n1c2ccccc2c2ccc(-c3ccccc3C)c(C)c21. The van der Waals surface area contributed by atoms with Crippen molar-refractivity contribution >= 4 is 60.7 Å². The number of hydrogen-bond acceptors (Lipinski definition) is 1. The van der Waals surface area contributed by atoms with E-state index in [1.807, 2.05) is 0 Å². The predicted molar refractivity (Wildman–Crippen MR) is 206 cm³/mol. The number of rotatable bonds is 5. The highest BCUT2D eigenvalue weighted by molar-refractivity contribution is 6.16. The fraction of sp³-hybridized carbons (Fsp3) is 0.0667. The summed E-state index contributed by atoms with van der Waals surface area (Å²) in [4.78, 5) is 10.5. The van der Waals surface area contributed by atoms with Gasteiger partial charge in [0.15, 0.2) is 5.84 Å². The van der Waals surface area contributed by atoms with Gasteiger partial charge in [0.1, 0.15) is 5.82 Å². The fourth-order valence-corrected chi connectivity index (χ4v) is 6.95. The van der Waals surface area contributed by atoms with Crippen molar-refractivity contribution in [2.75, 3.05) is 0 Å². The van der Waals surface area contributed by atoms with Crippen LogP contribution in [0.25, 0.3) is 60.3 Å². The van der Waals surface area contributed by atoms with Crippen molar-refractivity contribution in [2.45, 2.75) is 20.8 Å². The van der Waals surface area contributed by atoms with Crippen molar-refractivity contribution in [3.05, 3.63) is 174 Å². The Morgan fingerprint density at radius 2 is 1.15 bits per heavy atom. The van der Waals surface area contributed by atoms with Crippen molar-refractivity contribution in [3.8, 4) is 11.1 Å². The van der Waals surface area contributed by atoms with Crippen LogP contribution in [0.15, 0.2) is 162 Å². The van der Waals surface area contributed by atoms with Crippen molar-refractivity contribution in [3.63, 3.8) is 0 Å². The van der Waals surface area contributed by atoms with Crippen LogP contribution in [0.5, 0.6) is 0 Å². The van der Waals surface area contributed by atoms with E-state index in [4.69, 9.17) is 9.98 Å². The van der Waals surface area contributed by atoms with E-state index in [0.29, 0.717) is 11.7 Å². The van der Waals surface area contributed by atoms with Crippen LogP contribution < -0.4 is 0 Å². The van der Waals surface area contributed by atoms with Gasteiger partial charge in [-0.1, -0.05) is 134 Å². The number of amidine groups is 1. The number of fused-ring (bicyclic) bond motifs is 5. The normalized spacial score (nSPS) is 12.4. The van der Waals surface area contributed by atoms with E-state index in [1.165, 1.54) is 49.2 Å². The molecule has 3 heteroatoms. The Labute approximate surface area is 280 Å². The van der Waals surface area contributed by atoms with Crippen molar-refractivity contribution in [1.82, 2.24) is 4.57 Å². The van der Waals surface area contributed by atoms with Gasteiger partial charge >= 0.3 is 0 Å². The molecule has 7 aromatic carbocycles. The molecule has 0 N–H and O–H groups in total. The van der Waals surface area contributed by atoms with Crippen molar-refractivity contribution in [1.29, 1.82) is 0 Å². The smallest absolute Gasteiger partial charge is 0.161 e. The van der Waals surface area contributed by atoms with Gasteiger partial charge in [0.05, 0.1) is 11.0 Å². The molecule has 0 aliphatic carbocycles. The minimum atomic E-state index is 0.615. The van der Waals surface area contributed by atoms with Gasteiger partial charge in [0.2, 0.25) is 0 Å². The lowest BCUT2D eigenvalue weighted by atomic mass is 9.95. The molecule has 3 nitrogen and oxygen atoms in total. The number of benzene rings is 7. The molecule has 1 heterocycles. The van der Waals surface area contributed by atoms with Crippen LogP contribution in [0.4, 0.5) is 0 Å². The molecule has 0 amide bonds. The molecule has 0 unspecified atom stereocenters. The second-order valence-corrected chi connectivity index (χ2v) is 12.5. The fourth-order valence-electron chi connectivity index (χ4n) is 6.95. The molecule has 0 atom stereocenters. The summed E-state index contributed by atoms with van der Waals surface area (Å²) in [6, 6.07) is 51.3. The van der Waals surface area contributed by atoms with E-state index >= 15 is 0 Å². The molecule has 1 aromatic heterocycles. The molecule has 0 spiro atoms. The molecule has 8 rings (SSSR count). The molecule has 230 valence electrons. The lowest BCUT2D eigenvalue weighted by Gasteiger charge is -2.14. The van der Waals surface area contributed by atoms with Gasteiger partial charge in [-0.2, -0.15) is 0 Å². The van der Waals surface area contributed by atoms with Gasteiger partial charge in [-0.25, -0.2) is 9.98 Å². The molecule has 0 radical (unpaired) electrons. The average molecular weight is 618 g/mol. The maximum Gasteiger partial charge on any atom is 0.161 e. The molecular weight excluding hydrogens is 583 g/mol. The zero-order valence-electron chi connectivity index (χ0n) is 27.4. The van der Waals surface area contributed by atoms with Crippen molar-refractivity contribution < 1.29 is 0 Å². The summed E-state index contributed by atoms with van der Waals surface area (Å²) in [5.41, 5.74) is 9.95. The van der Waals surface area contributed by atoms with E-state index in [0.717, 1.165) is 33.3 Å². The monoisotopic (exact) mass is 617 g/mol. The Morgan fingerprint density at radius 3 is 1.88 bits per heavy atom. The predicted octanol–water partition coefficient (Wildman–Crippen LogP) is 11.8. The lowest BCUT2D eigenvalue weighted by Crippen LogP contribution is -2.06. The van der Waals surface area contributed by atoms with Crippen molar-refractivity contribution in [2.24, 2.45) is 9.98 Å². The summed E-state index contributed by atoms with van der Waals surface area (Å²) in [6.07, 6.45) is 0. The number of aryl methyl sites for hydroxylation is 2. The zero-order chi connectivity index (χ0) is 32.8. The second-order valence-electron chi connectivity index (χ2n) is 12.5. The second kappa shape index (κ2) is 11.9. The molecule has 48 heavy (non-hydrogen) atoms. The molecule has 0 aliphatic rings. The molecule has 0 saturated carbocycles. The topological polar surface area (TPSA) is 29.6 Å². The van der Waals surface area contributed by atoms with Crippen LogP contribution in [0.3, 0.4) is 0 Å². The number of nitrogens with zero attached hydrogens (tertiary/aromatic N) is 3. The Hall–Kier alpha value is -6.06. The number of aromatic nitrogens is 1. The summed E-state index contributed by atoms with van der Waals surface area (Å²) in [5, 5.41) is 7.06. The summed E-state index contributed by atoms with van der Waals surface area (Å²) < 4.78 is 2.21. The maximum absolute atomic E-state index is 5.28. The van der Waals surface area contributed by atoms with Crippen LogP contribution in [0, 0.1) is 13.8 Å². The van der Waals surface area contributed by atoms with E-state index in [2.05, 4.69) is 178 Å². The maximum atomic E-state index is 5.28. The molecule has 0 saturated heterocycles. The zero-order valence-corrected chi connectivity index (χ0v) is 27.4. The van der Waals surface area contributed by atoms with Crippen LogP contribution in [-0.4, -0.2) is 16.1 Å². The standard InChI is InChI=1S/C45H35N3/c1-29-13-5-10-18-39(29)40-25-26-42-41-19-11-12-20-43(41)48(44(42)30(40)2)32(4)47-45(38-24-22-34-15-7-9-17-37(34)28-38)46-31(3)35-23-21-33-14-6-8-16-36(33)27-35/h5-28H,4H2,1-3H3/b46-31?,47-45-. The van der Waals surface area contributed by atoms with Crippen LogP contribution in [0.1, 0.15) is 29.2 Å². The van der Waals surface area contributed by atoms with Crippen LogP contribution in [-0.2, 0) is 0 Å². The number of para-hydroxylation sites is 1. The number of hydrogen-bond donors (Lipinski definition) is 0. The Morgan fingerprint density at radius 1 is 0.542 bits per heavy atom. The first-order valence-corrected chi connectivity index (χ1v) is 16.4. The summed E-state index contributed by atoms with van der Waals surface area (Å²) >= 11 is 0. The first-order valence-electron chi connectivity index (χ1n) is 16.4. The summed E-state index contributed by atoms with van der Waals surface area (Å²) in [5.74, 6) is 1.24.